The monoisotopic (exact) mass is 315 g/mol. The van der Waals surface area contributed by atoms with Crippen LogP contribution in [0.1, 0.15) is 10.4 Å². The number of amides is 1. The van der Waals surface area contributed by atoms with Crippen molar-refractivity contribution in [3.8, 4) is 16.9 Å². The van der Waals surface area contributed by atoms with Gasteiger partial charge < -0.3 is 14.4 Å². The zero-order valence-corrected chi connectivity index (χ0v) is 12.9. The third kappa shape index (κ3) is 3.35. The zero-order valence-electron chi connectivity index (χ0n) is 12.9. The highest BCUT2D eigenvalue weighted by atomic mass is 19.1. The molecule has 1 amide bonds. The number of rotatable bonds is 3. The van der Waals surface area contributed by atoms with Gasteiger partial charge in [0.15, 0.2) is 0 Å². The third-order valence-corrected chi connectivity index (χ3v) is 3.92. The number of morpholine rings is 1. The highest BCUT2D eigenvalue weighted by Gasteiger charge is 2.21. The molecule has 4 nitrogen and oxygen atoms in total. The lowest BCUT2D eigenvalue weighted by Crippen LogP contribution is -2.41. The molecule has 1 saturated heterocycles. The largest absolute Gasteiger partial charge is 0.497 e. The molecule has 1 aliphatic rings. The van der Waals surface area contributed by atoms with Gasteiger partial charge in [0.2, 0.25) is 0 Å². The van der Waals surface area contributed by atoms with E-state index in [4.69, 9.17) is 9.47 Å². The van der Waals surface area contributed by atoms with Crippen molar-refractivity contribution in [2.45, 2.75) is 0 Å². The minimum absolute atomic E-state index is 0.101. The van der Waals surface area contributed by atoms with E-state index in [-0.39, 0.29) is 11.5 Å². The van der Waals surface area contributed by atoms with E-state index in [9.17, 15) is 9.18 Å². The van der Waals surface area contributed by atoms with Crippen molar-refractivity contribution < 1.29 is 18.7 Å². The van der Waals surface area contributed by atoms with Gasteiger partial charge in [-0.15, -0.1) is 0 Å². The van der Waals surface area contributed by atoms with E-state index in [2.05, 4.69) is 0 Å². The number of ether oxygens (including phenoxy) is 2. The first-order valence-corrected chi connectivity index (χ1v) is 7.50. The summed E-state index contributed by atoms with van der Waals surface area (Å²) in [5.41, 5.74) is 1.70. The molecule has 2 aromatic rings. The number of carbonyl (C=O) groups excluding carboxylic acids is 1. The van der Waals surface area contributed by atoms with Gasteiger partial charge in [0.1, 0.15) is 11.6 Å². The first kappa shape index (κ1) is 15.5. The Kier molecular flexibility index (Phi) is 4.57. The van der Waals surface area contributed by atoms with E-state index in [1.54, 1.807) is 24.1 Å². The molecule has 120 valence electrons. The predicted molar refractivity (Wildman–Crippen MR) is 85.1 cm³/mol. The van der Waals surface area contributed by atoms with Crippen molar-refractivity contribution in [2.75, 3.05) is 33.4 Å². The number of hydrogen-bond donors (Lipinski definition) is 0. The van der Waals surface area contributed by atoms with Gasteiger partial charge in [-0.25, -0.2) is 4.39 Å². The van der Waals surface area contributed by atoms with Crippen LogP contribution >= 0.6 is 0 Å². The molecule has 23 heavy (non-hydrogen) atoms. The second kappa shape index (κ2) is 6.79. The molecule has 0 atom stereocenters. The molecular weight excluding hydrogens is 297 g/mol. The average molecular weight is 315 g/mol. The summed E-state index contributed by atoms with van der Waals surface area (Å²) in [6.45, 7) is 1.99. The molecule has 3 rings (SSSR count). The minimum Gasteiger partial charge on any atom is -0.497 e. The minimum atomic E-state index is -0.505. The lowest BCUT2D eigenvalue weighted by atomic mass is 10.0. The average Bonchev–Trinajstić information content (AvgIpc) is 2.62. The Bertz CT molecular complexity index is 694. The van der Waals surface area contributed by atoms with Crippen molar-refractivity contribution in [3.63, 3.8) is 0 Å². The van der Waals surface area contributed by atoms with E-state index < -0.39 is 5.82 Å². The Morgan fingerprint density at radius 1 is 1.09 bits per heavy atom. The number of methoxy groups -OCH3 is 1. The van der Waals surface area contributed by atoms with Crippen LogP contribution in [0, 0.1) is 5.82 Å². The lowest BCUT2D eigenvalue weighted by molar-refractivity contribution is 0.0300. The van der Waals surface area contributed by atoms with Gasteiger partial charge in [-0.1, -0.05) is 18.2 Å². The maximum atomic E-state index is 14.4. The van der Waals surface area contributed by atoms with Crippen LogP contribution in [0.4, 0.5) is 4.39 Å². The summed E-state index contributed by atoms with van der Waals surface area (Å²) in [7, 11) is 1.60. The van der Waals surface area contributed by atoms with Crippen LogP contribution in [-0.4, -0.2) is 44.2 Å². The fourth-order valence-electron chi connectivity index (χ4n) is 2.59. The molecule has 5 heteroatoms. The number of hydrogen-bond acceptors (Lipinski definition) is 3. The first-order chi connectivity index (χ1) is 11.2. The van der Waals surface area contributed by atoms with E-state index in [0.29, 0.717) is 26.3 Å². The fourth-order valence-corrected chi connectivity index (χ4v) is 2.59. The van der Waals surface area contributed by atoms with Crippen LogP contribution < -0.4 is 4.74 Å². The Morgan fingerprint density at radius 2 is 1.74 bits per heavy atom. The standard InChI is InChI=1S/C18H18FNO3/c1-22-15-5-2-13(3-6-15)14-4-7-16(17(19)12-14)18(21)20-8-10-23-11-9-20/h2-7,12H,8-11H2,1H3. The maximum absolute atomic E-state index is 14.4. The molecule has 0 radical (unpaired) electrons. The molecule has 0 aliphatic carbocycles. The molecule has 0 N–H and O–H groups in total. The molecule has 0 spiro atoms. The Hall–Kier alpha value is -2.40. The van der Waals surface area contributed by atoms with Crippen molar-refractivity contribution >= 4 is 5.91 Å². The molecule has 0 bridgehead atoms. The fraction of sp³-hybridized carbons (Fsp3) is 0.278. The molecule has 1 heterocycles. The summed E-state index contributed by atoms with van der Waals surface area (Å²) in [6, 6.07) is 12.1. The van der Waals surface area contributed by atoms with Crippen LogP contribution in [0.5, 0.6) is 5.75 Å². The van der Waals surface area contributed by atoms with Crippen LogP contribution in [0.25, 0.3) is 11.1 Å². The predicted octanol–water partition coefficient (Wildman–Crippen LogP) is 2.97. The summed E-state index contributed by atoms with van der Waals surface area (Å²) in [4.78, 5) is 14.0. The van der Waals surface area contributed by atoms with Crippen LogP contribution in [0.3, 0.4) is 0 Å². The van der Waals surface area contributed by atoms with Crippen molar-refractivity contribution in [2.24, 2.45) is 0 Å². The van der Waals surface area contributed by atoms with E-state index in [0.717, 1.165) is 16.9 Å². The molecular formula is C18H18FNO3. The summed E-state index contributed by atoms with van der Waals surface area (Å²) in [6.07, 6.45) is 0. The van der Waals surface area contributed by atoms with Gasteiger partial charge in [0.05, 0.1) is 25.9 Å². The summed E-state index contributed by atoms with van der Waals surface area (Å²) >= 11 is 0. The number of halogens is 1. The normalized spacial score (nSPS) is 14.6. The van der Waals surface area contributed by atoms with Crippen LogP contribution in [0.2, 0.25) is 0 Å². The maximum Gasteiger partial charge on any atom is 0.256 e. The van der Waals surface area contributed by atoms with Gasteiger partial charge in [-0.3, -0.25) is 4.79 Å². The molecule has 0 saturated carbocycles. The topological polar surface area (TPSA) is 38.8 Å². The van der Waals surface area contributed by atoms with E-state index >= 15 is 0 Å². The second-order valence-electron chi connectivity index (χ2n) is 5.33. The Balaban J connectivity index is 1.83. The van der Waals surface area contributed by atoms with E-state index in [1.165, 1.54) is 6.07 Å². The van der Waals surface area contributed by atoms with Gasteiger partial charge in [-0.2, -0.15) is 0 Å². The lowest BCUT2D eigenvalue weighted by Gasteiger charge is -2.27. The van der Waals surface area contributed by atoms with Crippen LogP contribution in [0.15, 0.2) is 42.5 Å². The van der Waals surface area contributed by atoms with Crippen molar-refractivity contribution in [1.82, 2.24) is 4.90 Å². The molecule has 1 fully saturated rings. The van der Waals surface area contributed by atoms with Gasteiger partial charge >= 0.3 is 0 Å². The van der Waals surface area contributed by atoms with Gasteiger partial charge in [0.25, 0.3) is 5.91 Å². The summed E-state index contributed by atoms with van der Waals surface area (Å²) in [5, 5.41) is 0. The zero-order chi connectivity index (χ0) is 16.2. The van der Waals surface area contributed by atoms with Gasteiger partial charge in [-0.05, 0) is 35.4 Å². The van der Waals surface area contributed by atoms with Crippen molar-refractivity contribution in [3.05, 3.63) is 53.8 Å². The summed E-state index contributed by atoms with van der Waals surface area (Å²) in [5.74, 6) is -0.0461. The highest BCUT2D eigenvalue weighted by molar-refractivity contribution is 5.95. The van der Waals surface area contributed by atoms with Crippen molar-refractivity contribution in [1.29, 1.82) is 0 Å². The number of nitrogens with zero attached hydrogens (tertiary/aromatic N) is 1. The third-order valence-electron chi connectivity index (χ3n) is 3.92. The Morgan fingerprint density at radius 3 is 2.35 bits per heavy atom. The smallest absolute Gasteiger partial charge is 0.256 e. The quantitative estimate of drug-likeness (QED) is 0.874. The SMILES string of the molecule is COc1ccc(-c2ccc(C(=O)N3CCOCC3)c(F)c2)cc1. The number of carbonyl (C=O) groups is 1. The summed E-state index contributed by atoms with van der Waals surface area (Å²) < 4.78 is 24.7. The molecule has 0 unspecified atom stereocenters. The first-order valence-electron chi connectivity index (χ1n) is 7.50. The molecule has 2 aromatic carbocycles. The molecule has 1 aliphatic heterocycles. The van der Waals surface area contributed by atoms with Gasteiger partial charge in [0, 0.05) is 13.1 Å². The number of benzene rings is 2. The Labute approximate surface area is 134 Å². The van der Waals surface area contributed by atoms with Crippen LogP contribution in [-0.2, 0) is 4.74 Å². The van der Waals surface area contributed by atoms with E-state index in [1.807, 2.05) is 24.3 Å². The second-order valence-corrected chi connectivity index (χ2v) is 5.33. The highest BCUT2D eigenvalue weighted by Crippen LogP contribution is 2.25. The molecule has 0 aromatic heterocycles.